The van der Waals surface area contributed by atoms with Gasteiger partial charge in [0.05, 0.1) is 0 Å². The fourth-order valence-corrected chi connectivity index (χ4v) is 3.05. The first kappa shape index (κ1) is 17.6. The quantitative estimate of drug-likeness (QED) is 0.724. The second kappa shape index (κ2) is 8.21. The molecule has 0 aliphatic carbocycles. The second-order valence-electron chi connectivity index (χ2n) is 6.32. The number of nitrogens with one attached hydrogen (secondary N) is 2. The van der Waals surface area contributed by atoms with Crippen molar-refractivity contribution in [1.29, 1.82) is 0 Å². The molecule has 0 aliphatic rings. The van der Waals surface area contributed by atoms with Gasteiger partial charge in [-0.25, -0.2) is 0 Å². The van der Waals surface area contributed by atoms with Crippen LogP contribution in [0.15, 0.2) is 18.2 Å². The van der Waals surface area contributed by atoms with Crippen molar-refractivity contribution in [3.05, 3.63) is 41.6 Å². The standard InChI is InChI=1S/C20H30N3/c1-6-11-23(12-7-2)13-10-21-17(5)18-8-9-20-19(14-18)15(3)16(4)22-20/h5,8-9,14,21-22H,6-7,10-13H2,1-4H3. The lowest BCUT2D eigenvalue weighted by Gasteiger charge is -2.21. The van der Waals surface area contributed by atoms with Crippen molar-refractivity contribution >= 4 is 16.6 Å². The first-order valence-corrected chi connectivity index (χ1v) is 8.74. The molecule has 0 fully saturated rings. The van der Waals surface area contributed by atoms with E-state index >= 15 is 0 Å². The topological polar surface area (TPSA) is 31.1 Å². The third kappa shape index (κ3) is 4.38. The lowest BCUT2D eigenvalue weighted by atomic mass is 10.1. The van der Waals surface area contributed by atoms with Gasteiger partial charge in [-0.3, -0.25) is 0 Å². The molecule has 0 amide bonds. The van der Waals surface area contributed by atoms with Crippen molar-refractivity contribution in [2.45, 2.75) is 40.5 Å². The van der Waals surface area contributed by atoms with Crippen LogP contribution in [0.4, 0.5) is 0 Å². The van der Waals surface area contributed by atoms with Crippen LogP contribution in [0.1, 0.15) is 43.5 Å². The highest BCUT2D eigenvalue weighted by Crippen LogP contribution is 2.24. The molecular formula is C20H30N3. The van der Waals surface area contributed by atoms with E-state index in [4.69, 9.17) is 6.58 Å². The number of aromatic amines is 1. The van der Waals surface area contributed by atoms with Gasteiger partial charge in [0.2, 0.25) is 0 Å². The van der Waals surface area contributed by atoms with Gasteiger partial charge in [0, 0.05) is 35.4 Å². The number of fused-ring (bicyclic) bond motifs is 1. The van der Waals surface area contributed by atoms with Gasteiger partial charge in [0.25, 0.3) is 0 Å². The van der Waals surface area contributed by atoms with Crippen LogP contribution in [0.2, 0.25) is 0 Å². The lowest BCUT2D eigenvalue weighted by molar-refractivity contribution is 0.278. The van der Waals surface area contributed by atoms with Gasteiger partial charge in [0.15, 0.2) is 0 Å². The molecule has 1 radical (unpaired) electrons. The number of H-pyrrole nitrogens is 1. The molecule has 2 aromatic rings. The summed E-state index contributed by atoms with van der Waals surface area (Å²) in [5, 5.41) is 4.63. The van der Waals surface area contributed by atoms with Gasteiger partial charge >= 0.3 is 0 Å². The van der Waals surface area contributed by atoms with E-state index in [-0.39, 0.29) is 0 Å². The highest BCUT2D eigenvalue weighted by Gasteiger charge is 2.07. The van der Waals surface area contributed by atoms with Crippen molar-refractivity contribution in [3.63, 3.8) is 0 Å². The summed E-state index contributed by atoms with van der Waals surface area (Å²) < 4.78 is 0. The van der Waals surface area contributed by atoms with Gasteiger partial charge < -0.3 is 15.2 Å². The molecule has 125 valence electrons. The van der Waals surface area contributed by atoms with Crippen LogP contribution in [0.25, 0.3) is 16.6 Å². The maximum absolute atomic E-state index is 6.25. The van der Waals surface area contributed by atoms with Crippen LogP contribution >= 0.6 is 0 Å². The molecule has 1 aromatic carbocycles. The molecule has 0 unspecified atom stereocenters. The molecule has 3 nitrogen and oxygen atoms in total. The van der Waals surface area contributed by atoms with Crippen LogP contribution in [-0.4, -0.2) is 36.1 Å². The first-order chi connectivity index (χ1) is 11.1. The number of rotatable bonds is 9. The monoisotopic (exact) mass is 312 g/mol. The molecule has 23 heavy (non-hydrogen) atoms. The summed E-state index contributed by atoms with van der Waals surface area (Å²) in [6, 6.07) is 6.36. The summed E-state index contributed by atoms with van der Waals surface area (Å²) in [6.07, 6.45) is 2.39. The number of hydrogen-bond acceptors (Lipinski definition) is 2. The minimum absolute atomic E-state index is 0.762. The minimum Gasteiger partial charge on any atom is -0.383 e. The van der Waals surface area contributed by atoms with E-state index < -0.39 is 0 Å². The molecule has 3 heteroatoms. The zero-order chi connectivity index (χ0) is 16.8. The van der Waals surface area contributed by atoms with Crippen LogP contribution in [0, 0.1) is 20.4 Å². The zero-order valence-corrected chi connectivity index (χ0v) is 15.0. The molecule has 1 heterocycles. The minimum atomic E-state index is 0.762. The lowest BCUT2D eigenvalue weighted by Crippen LogP contribution is -2.32. The third-order valence-corrected chi connectivity index (χ3v) is 4.44. The van der Waals surface area contributed by atoms with Crippen LogP contribution in [0.3, 0.4) is 0 Å². The number of hydrogen-bond donors (Lipinski definition) is 2. The predicted octanol–water partition coefficient (Wildman–Crippen LogP) is 4.27. The highest BCUT2D eigenvalue weighted by molar-refractivity contribution is 5.87. The van der Waals surface area contributed by atoms with E-state index in [0.717, 1.165) is 37.4 Å². The van der Waals surface area contributed by atoms with Gasteiger partial charge in [-0.05, 0) is 69.6 Å². The first-order valence-electron chi connectivity index (χ1n) is 8.74. The van der Waals surface area contributed by atoms with Crippen molar-refractivity contribution in [3.8, 4) is 0 Å². The van der Waals surface area contributed by atoms with Crippen molar-refractivity contribution in [2.75, 3.05) is 26.2 Å². The molecule has 0 bridgehead atoms. The Labute approximate surface area is 140 Å². The average molecular weight is 312 g/mol. The van der Waals surface area contributed by atoms with Gasteiger partial charge in [-0.2, -0.15) is 0 Å². The summed E-state index contributed by atoms with van der Waals surface area (Å²) >= 11 is 0. The summed E-state index contributed by atoms with van der Waals surface area (Å²) in [7, 11) is 0. The fraction of sp³-hybridized carbons (Fsp3) is 0.500. The Morgan fingerprint density at radius 2 is 1.83 bits per heavy atom. The largest absolute Gasteiger partial charge is 0.383 e. The average Bonchev–Trinajstić information content (AvgIpc) is 2.82. The van der Waals surface area contributed by atoms with E-state index in [1.54, 1.807) is 0 Å². The van der Waals surface area contributed by atoms with Gasteiger partial charge in [0.1, 0.15) is 0 Å². The Kier molecular flexibility index (Phi) is 6.28. The van der Waals surface area contributed by atoms with E-state index in [9.17, 15) is 0 Å². The Balaban J connectivity index is 1.96. The predicted molar refractivity (Wildman–Crippen MR) is 101 cm³/mol. The van der Waals surface area contributed by atoms with Crippen molar-refractivity contribution in [2.24, 2.45) is 0 Å². The number of nitrogens with zero attached hydrogens (tertiary/aromatic N) is 1. The molecule has 0 atom stereocenters. The Morgan fingerprint density at radius 1 is 1.13 bits per heavy atom. The molecule has 0 aliphatic heterocycles. The highest BCUT2D eigenvalue weighted by atomic mass is 15.1. The van der Waals surface area contributed by atoms with Crippen LogP contribution in [0.5, 0.6) is 0 Å². The number of aryl methyl sites for hydroxylation is 2. The number of benzene rings is 1. The summed E-state index contributed by atoms with van der Waals surface area (Å²) in [6.45, 7) is 19.2. The molecule has 0 saturated carbocycles. The van der Waals surface area contributed by atoms with Gasteiger partial charge in [-0.15, -0.1) is 0 Å². The maximum Gasteiger partial charge on any atom is 0.0459 e. The zero-order valence-electron chi connectivity index (χ0n) is 15.0. The van der Waals surface area contributed by atoms with E-state index in [1.807, 2.05) is 0 Å². The number of aromatic nitrogens is 1. The van der Waals surface area contributed by atoms with E-state index in [2.05, 4.69) is 61.1 Å². The Morgan fingerprint density at radius 3 is 2.48 bits per heavy atom. The van der Waals surface area contributed by atoms with E-state index in [0.29, 0.717) is 0 Å². The molecule has 2 rings (SSSR count). The third-order valence-electron chi connectivity index (χ3n) is 4.44. The maximum atomic E-state index is 6.25. The molecule has 1 aromatic heterocycles. The van der Waals surface area contributed by atoms with Crippen molar-refractivity contribution in [1.82, 2.24) is 15.2 Å². The normalized spacial score (nSPS) is 11.3. The van der Waals surface area contributed by atoms with E-state index in [1.165, 1.54) is 35.0 Å². The fourth-order valence-electron chi connectivity index (χ4n) is 3.05. The summed E-state index contributed by atoms with van der Waals surface area (Å²) in [5.41, 5.74) is 5.52. The Bertz CT molecular complexity index is 648. The molecule has 0 spiro atoms. The molecular weight excluding hydrogens is 282 g/mol. The SMILES string of the molecule is [CH]=C(NCCN(CCC)CCC)c1ccc2[nH]c(C)c(C)c2c1. The van der Waals surface area contributed by atoms with Gasteiger partial charge in [-0.1, -0.05) is 19.9 Å². The summed E-state index contributed by atoms with van der Waals surface area (Å²) in [4.78, 5) is 5.89. The molecule has 0 saturated heterocycles. The molecule has 2 N–H and O–H groups in total. The van der Waals surface area contributed by atoms with Crippen molar-refractivity contribution < 1.29 is 0 Å². The summed E-state index contributed by atoms with van der Waals surface area (Å²) in [5.74, 6) is 0. The second-order valence-corrected chi connectivity index (χ2v) is 6.32. The van der Waals surface area contributed by atoms with Crippen LogP contribution in [-0.2, 0) is 0 Å². The van der Waals surface area contributed by atoms with Crippen LogP contribution < -0.4 is 5.32 Å². The smallest absolute Gasteiger partial charge is 0.0459 e. The Hall–Kier alpha value is -1.74.